The third-order valence-corrected chi connectivity index (χ3v) is 7.98. The Labute approximate surface area is 303 Å². The minimum Gasteiger partial charge on any atom is -0.492 e. The van der Waals surface area contributed by atoms with E-state index in [0.717, 1.165) is 32.0 Å². The van der Waals surface area contributed by atoms with Crippen LogP contribution in [0.2, 0.25) is 0 Å². The summed E-state index contributed by atoms with van der Waals surface area (Å²) >= 11 is 0. The van der Waals surface area contributed by atoms with Crippen molar-refractivity contribution in [2.45, 2.75) is 118 Å². The molecule has 16 heteroatoms. The number of benzene rings is 1. The fourth-order valence-electron chi connectivity index (χ4n) is 5.25. The van der Waals surface area contributed by atoms with Crippen molar-refractivity contribution in [3.8, 4) is 11.6 Å². The Hall–Kier alpha value is -4.70. The van der Waals surface area contributed by atoms with E-state index < -0.39 is 72.1 Å². The van der Waals surface area contributed by atoms with Crippen LogP contribution in [0.4, 0.5) is 0 Å². The first kappa shape index (κ1) is 41.7. The van der Waals surface area contributed by atoms with Gasteiger partial charge in [0.2, 0.25) is 24.2 Å². The molecular formula is C36H51N3O13. The predicted octanol–water partition coefficient (Wildman–Crippen LogP) is 2.88. The summed E-state index contributed by atoms with van der Waals surface area (Å²) in [7, 11) is 0. The summed E-state index contributed by atoms with van der Waals surface area (Å²) in [6, 6.07) is 7.26. The zero-order valence-corrected chi connectivity index (χ0v) is 31.4. The molecule has 1 aromatic heterocycles. The van der Waals surface area contributed by atoms with Crippen LogP contribution >= 0.6 is 0 Å². The largest absolute Gasteiger partial charge is 0.492 e. The molecule has 5 atom stereocenters. The Morgan fingerprint density at radius 1 is 0.885 bits per heavy atom. The summed E-state index contributed by atoms with van der Waals surface area (Å²) in [5.41, 5.74) is 0.603. The van der Waals surface area contributed by atoms with Crippen LogP contribution in [0.5, 0.6) is 11.6 Å². The van der Waals surface area contributed by atoms with Gasteiger partial charge in [-0.3, -0.25) is 29.1 Å². The highest BCUT2D eigenvalue weighted by molar-refractivity contribution is 5.82. The van der Waals surface area contributed by atoms with E-state index in [1.54, 1.807) is 39.8 Å². The van der Waals surface area contributed by atoms with E-state index in [2.05, 4.69) is 15.5 Å². The molecule has 1 aliphatic rings. The zero-order chi connectivity index (χ0) is 39.0. The van der Waals surface area contributed by atoms with Crippen LogP contribution in [0, 0.1) is 5.41 Å². The number of ether oxygens (including phenoxy) is 7. The van der Waals surface area contributed by atoms with E-state index in [1.807, 2.05) is 26.0 Å². The molecule has 1 unspecified atom stereocenters. The van der Waals surface area contributed by atoms with Crippen LogP contribution < -0.4 is 14.8 Å². The second kappa shape index (κ2) is 17.7. The summed E-state index contributed by atoms with van der Waals surface area (Å²) in [5, 5.41) is 19.7. The van der Waals surface area contributed by atoms with Gasteiger partial charge in [-0.1, -0.05) is 26.0 Å². The maximum absolute atomic E-state index is 12.8. The lowest BCUT2D eigenvalue weighted by Crippen LogP contribution is -2.63. The molecule has 2 aromatic rings. The number of H-pyrrole nitrogens is 1. The number of hydrogen-bond acceptors (Lipinski definition) is 14. The van der Waals surface area contributed by atoms with Crippen molar-refractivity contribution in [1.29, 1.82) is 0 Å². The number of amides is 1. The first-order valence-corrected chi connectivity index (χ1v) is 16.9. The molecule has 0 radical (unpaired) electrons. The number of esters is 4. The third-order valence-electron chi connectivity index (χ3n) is 7.98. The lowest BCUT2D eigenvalue weighted by Gasteiger charge is -2.43. The molecule has 1 aromatic carbocycles. The number of carbonyl (C=O) groups excluding carboxylic acids is 5. The summed E-state index contributed by atoms with van der Waals surface area (Å²) in [4.78, 5) is 61.1. The van der Waals surface area contributed by atoms with Gasteiger partial charge >= 0.3 is 23.9 Å². The quantitative estimate of drug-likeness (QED) is 0.167. The molecule has 288 valence electrons. The van der Waals surface area contributed by atoms with Gasteiger partial charge in [0.1, 0.15) is 25.1 Å². The van der Waals surface area contributed by atoms with E-state index in [4.69, 9.17) is 33.2 Å². The van der Waals surface area contributed by atoms with Gasteiger partial charge in [0, 0.05) is 45.4 Å². The van der Waals surface area contributed by atoms with Gasteiger partial charge in [-0.05, 0) is 51.3 Å². The van der Waals surface area contributed by atoms with Crippen molar-refractivity contribution in [2.75, 3.05) is 19.8 Å². The van der Waals surface area contributed by atoms with E-state index in [0.29, 0.717) is 17.7 Å². The fourth-order valence-corrected chi connectivity index (χ4v) is 5.25. The molecule has 3 rings (SSSR count). The Bertz CT molecular complexity index is 1570. The average molecular weight is 734 g/mol. The molecule has 0 aliphatic carbocycles. The number of aromatic nitrogens is 2. The number of nitrogens with one attached hydrogen (secondary N) is 2. The SMILES string of the molecule is CC(=O)OC[C@H]1OC(Oc2n[nH]c(C(C)C)c2Cc2ccc(OCC(C)(C)C(=O)NC(C)(C)CO)cc2)[C@H](OC(C)=O)[C@@H](OC(C)=O)[C@@H]1OC(C)=O. The second-order valence-electron chi connectivity index (χ2n) is 14.3. The molecule has 2 heterocycles. The van der Waals surface area contributed by atoms with Gasteiger partial charge in [-0.25, -0.2) is 0 Å². The number of aliphatic hydroxyl groups excluding tert-OH is 1. The summed E-state index contributed by atoms with van der Waals surface area (Å²) in [6.07, 6.45) is -6.48. The number of carbonyl (C=O) groups is 5. The average Bonchev–Trinajstić information content (AvgIpc) is 3.43. The van der Waals surface area contributed by atoms with Crippen LogP contribution in [0.25, 0.3) is 0 Å². The monoisotopic (exact) mass is 733 g/mol. The van der Waals surface area contributed by atoms with Crippen molar-refractivity contribution in [3.63, 3.8) is 0 Å². The Kier molecular flexibility index (Phi) is 14.2. The topological polar surface area (TPSA) is 211 Å². The molecule has 16 nitrogen and oxygen atoms in total. The number of nitrogens with zero attached hydrogens (tertiary/aromatic N) is 1. The van der Waals surface area contributed by atoms with E-state index in [-0.39, 0.29) is 30.9 Å². The van der Waals surface area contributed by atoms with Gasteiger partial charge in [-0.2, -0.15) is 0 Å². The number of aliphatic hydroxyl groups is 1. The highest BCUT2D eigenvalue weighted by Crippen LogP contribution is 2.34. The molecule has 0 spiro atoms. The molecule has 1 amide bonds. The van der Waals surface area contributed by atoms with Crippen LogP contribution in [0.1, 0.15) is 92.0 Å². The molecule has 3 N–H and O–H groups in total. The highest BCUT2D eigenvalue weighted by atomic mass is 16.7. The standard InChI is InChI=1S/C36H51N3O13/c1-19(2)28-26(15-24-11-13-25(14-12-24)47-18-35(7,8)34(45)37-36(9,10)17-40)32(39-38-28)52-33-31(50-23(6)44)30(49-22(5)43)29(48-21(4)42)27(51-33)16-46-20(3)41/h11-14,19,27,29-31,33,40H,15-18H2,1-10H3,(H,37,45)(H,38,39)/t27-,29-,30+,31-,33?/m1/s1. The van der Waals surface area contributed by atoms with E-state index in [1.165, 1.54) is 6.92 Å². The Morgan fingerprint density at radius 2 is 1.46 bits per heavy atom. The maximum Gasteiger partial charge on any atom is 0.303 e. The van der Waals surface area contributed by atoms with Crippen LogP contribution in [-0.4, -0.2) is 101 Å². The minimum absolute atomic E-state index is 0.0259. The summed E-state index contributed by atoms with van der Waals surface area (Å²) in [5.74, 6) is -2.56. The molecular weight excluding hydrogens is 682 g/mol. The minimum atomic E-state index is -1.46. The van der Waals surface area contributed by atoms with Crippen LogP contribution in [0.15, 0.2) is 24.3 Å². The van der Waals surface area contributed by atoms with Gasteiger partial charge in [-0.15, -0.1) is 5.10 Å². The molecule has 1 aliphatic heterocycles. The number of rotatable bonds is 16. The summed E-state index contributed by atoms with van der Waals surface area (Å²) in [6.45, 7) is 15.0. The fraction of sp³-hybridized carbons (Fsp3) is 0.611. The van der Waals surface area contributed by atoms with Gasteiger partial charge < -0.3 is 43.6 Å². The number of aromatic amines is 1. The first-order valence-electron chi connectivity index (χ1n) is 16.9. The van der Waals surface area contributed by atoms with Crippen LogP contribution in [0.3, 0.4) is 0 Å². The predicted molar refractivity (Wildman–Crippen MR) is 183 cm³/mol. The van der Waals surface area contributed by atoms with Gasteiger partial charge in [0.15, 0.2) is 12.2 Å². The lowest BCUT2D eigenvalue weighted by atomic mass is 9.91. The maximum atomic E-state index is 12.8. The third kappa shape index (κ3) is 11.7. The molecule has 0 saturated carbocycles. The normalized spacial score (nSPS) is 20.4. The second-order valence-corrected chi connectivity index (χ2v) is 14.3. The van der Waals surface area contributed by atoms with Crippen molar-refractivity contribution in [3.05, 3.63) is 41.1 Å². The Balaban J connectivity index is 1.90. The van der Waals surface area contributed by atoms with Crippen molar-refractivity contribution < 1.29 is 62.2 Å². The zero-order valence-electron chi connectivity index (χ0n) is 31.4. The molecule has 0 bridgehead atoms. The van der Waals surface area contributed by atoms with Crippen molar-refractivity contribution in [2.24, 2.45) is 5.41 Å². The van der Waals surface area contributed by atoms with E-state index >= 15 is 0 Å². The Morgan fingerprint density at radius 3 is 2.00 bits per heavy atom. The van der Waals surface area contributed by atoms with Crippen molar-refractivity contribution >= 4 is 29.8 Å². The lowest BCUT2D eigenvalue weighted by molar-refractivity contribution is -0.289. The van der Waals surface area contributed by atoms with Gasteiger partial charge in [0.05, 0.1) is 17.6 Å². The van der Waals surface area contributed by atoms with Crippen LogP contribution in [-0.2, 0) is 54.1 Å². The molecule has 1 fully saturated rings. The number of hydrogen-bond donors (Lipinski definition) is 3. The van der Waals surface area contributed by atoms with Crippen molar-refractivity contribution in [1.82, 2.24) is 15.5 Å². The van der Waals surface area contributed by atoms with Gasteiger partial charge in [0.25, 0.3) is 0 Å². The smallest absolute Gasteiger partial charge is 0.303 e. The first-order chi connectivity index (χ1) is 24.2. The molecule has 1 saturated heterocycles. The van der Waals surface area contributed by atoms with E-state index in [9.17, 15) is 29.1 Å². The highest BCUT2D eigenvalue weighted by Gasteiger charge is 2.53. The molecule has 52 heavy (non-hydrogen) atoms. The summed E-state index contributed by atoms with van der Waals surface area (Å²) < 4.78 is 40.0.